The third-order valence-corrected chi connectivity index (χ3v) is 3.00. The number of hydrogen-bond donors (Lipinski definition) is 2. The van der Waals surface area contributed by atoms with Gasteiger partial charge in [-0.25, -0.2) is 9.18 Å². The normalized spacial score (nSPS) is 22.8. The largest absolute Gasteiger partial charge is 0.453 e. The van der Waals surface area contributed by atoms with Crippen molar-refractivity contribution in [1.82, 2.24) is 5.32 Å². The molecule has 2 unspecified atom stereocenters. The summed E-state index contributed by atoms with van der Waals surface area (Å²) in [6, 6.07) is 4.28. The van der Waals surface area contributed by atoms with Crippen LogP contribution in [-0.2, 0) is 4.74 Å². The first-order chi connectivity index (χ1) is 8.13. The minimum Gasteiger partial charge on any atom is -0.453 e. The minimum absolute atomic E-state index is 0.278. The molecule has 0 bridgehead atoms. The van der Waals surface area contributed by atoms with Crippen LogP contribution in [0.15, 0.2) is 18.2 Å². The number of benzene rings is 1. The van der Waals surface area contributed by atoms with Gasteiger partial charge >= 0.3 is 6.09 Å². The molecule has 1 aliphatic rings. The Balaban J connectivity index is 2.33. The van der Waals surface area contributed by atoms with Crippen molar-refractivity contribution in [2.24, 2.45) is 0 Å². The first-order valence-corrected chi connectivity index (χ1v) is 5.44. The molecule has 1 aromatic carbocycles. The molecule has 0 saturated carbocycles. The molecule has 17 heavy (non-hydrogen) atoms. The van der Waals surface area contributed by atoms with E-state index in [9.17, 15) is 14.3 Å². The molecule has 0 radical (unpaired) electrons. The summed E-state index contributed by atoms with van der Waals surface area (Å²) in [4.78, 5) is 11.2. The molecule has 2 atom stereocenters. The highest BCUT2D eigenvalue weighted by molar-refractivity contribution is 5.67. The number of halogens is 1. The number of aliphatic hydroxyl groups excluding tert-OH is 1. The quantitative estimate of drug-likeness (QED) is 0.788. The number of fused-ring (bicyclic) bond motifs is 1. The van der Waals surface area contributed by atoms with Crippen molar-refractivity contribution in [3.05, 3.63) is 35.1 Å². The van der Waals surface area contributed by atoms with E-state index in [-0.39, 0.29) is 11.6 Å². The van der Waals surface area contributed by atoms with Gasteiger partial charge < -0.3 is 15.2 Å². The number of ether oxygens (including phenoxy) is 1. The molecule has 2 rings (SSSR count). The van der Waals surface area contributed by atoms with Gasteiger partial charge in [-0.1, -0.05) is 12.1 Å². The van der Waals surface area contributed by atoms with E-state index < -0.39 is 18.0 Å². The Kier molecular flexibility index (Phi) is 3.28. The minimum atomic E-state index is -0.804. The molecule has 0 aromatic heterocycles. The summed E-state index contributed by atoms with van der Waals surface area (Å²) in [6.45, 7) is 0. The number of nitrogens with one attached hydrogen (secondary N) is 1. The summed E-state index contributed by atoms with van der Waals surface area (Å²) in [5, 5.41) is 12.4. The van der Waals surface area contributed by atoms with Gasteiger partial charge in [0.15, 0.2) is 0 Å². The molecule has 0 fully saturated rings. The van der Waals surface area contributed by atoms with Crippen molar-refractivity contribution < 1.29 is 19.0 Å². The van der Waals surface area contributed by atoms with E-state index in [4.69, 9.17) is 0 Å². The second-order valence-electron chi connectivity index (χ2n) is 4.02. The highest BCUT2D eigenvalue weighted by Gasteiger charge is 2.29. The Bertz CT molecular complexity index is 436. The number of amides is 1. The van der Waals surface area contributed by atoms with Crippen LogP contribution in [0.2, 0.25) is 0 Å². The van der Waals surface area contributed by atoms with Crippen LogP contribution in [0.25, 0.3) is 0 Å². The average Bonchev–Trinajstić information content (AvgIpc) is 2.32. The number of alkyl carbamates (subject to hydrolysis) is 1. The van der Waals surface area contributed by atoms with Gasteiger partial charge in [0.05, 0.1) is 19.3 Å². The van der Waals surface area contributed by atoms with Crippen LogP contribution in [0.1, 0.15) is 36.1 Å². The summed E-state index contributed by atoms with van der Waals surface area (Å²) in [7, 11) is 1.28. The highest BCUT2D eigenvalue weighted by atomic mass is 19.1. The van der Waals surface area contributed by atoms with Crippen molar-refractivity contribution in [2.75, 3.05) is 7.11 Å². The molecule has 0 spiro atoms. The number of hydrogen-bond acceptors (Lipinski definition) is 3. The van der Waals surface area contributed by atoms with Crippen LogP contribution in [0.5, 0.6) is 0 Å². The highest BCUT2D eigenvalue weighted by Crippen LogP contribution is 2.37. The monoisotopic (exact) mass is 239 g/mol. The average molecular weight is 239 g/mol. The molecule has 1 amide bonds. The lowest BCUT2D eigenvalue weighted by atomic mass is 9.85. The Hall–Kier alpha value is -1.62. The van der Waals surface area contributed by atoms with Crippen molar-refractivity contribution in [3.63, 3.8) is 0 Å². The summed E-state index contributed by atoms with van der Waals surface area (Å²) in [5.41, 5.74) is 0.898. The van der Waals surface area contributed by atoms with E-state index in [0.29, 0.717) is 18.4 Å². The fourth-order valence-corrected chi connectivity index (χ4v) is 2.18. The second kappa shape index (κ2) is 4.71. The molecule has 0 saturated heterocycles. The van der Waals surface area contributed by atoms with E-state index in [1.807, 2.05) is 0 Å². The molecule has 4 nitrogen and oxygen atoms in total. The first-order valence-electron chi connectivity index (χ1n) is 5.44. The maximum atomic E-state index is 13.6. The van der Waals surface area contributed by atoms with Crippen LogP contribution in [0.3, 0.4) is 0 Å². The van der Waals surface area contributed by atoms with Crippen molar-refractivity contribution in [2.45, 2.75) is 25.0 Å². The zero-order chi connectivity index (χ0) is 12.4. The number of aliphatic hydroxyl groups is 1. The van der Waals surface area contributed by atoms with Gasteiger partial charge in [0, 0.05) is 5.56 Å². The molecule has 5 heteroatoms. The SMILES string of the molecule is COC(=O)NC1CCC(O)c2c(F)cccc21. The predicted octanol–water partition coefficient (Wildman–Crippen LogP) is 2.05. The molecule has 0 heterocycles. The fourth-order valence-electron chi connectivity index (χ4n) is 2.18. The van der Waals surface area contributed by atoms with E-state index in [1.165, 1.54) is 13.2 Å². The second-order valence-corrected chi connectivity index (χ2v) is 4.02. The topological polar surface area (TPSA) is 58.6 Å². The Morgan fingerprint density at radius 2 is 2.29 bits per heavy atom. The van der Waals surface area contributed by atoms with Gasteiger partial charge in [0.2, 0.25) is 0 Å². The van der Waals surface area contributed by atoms with E-state index in [0.717, 1.165) is 0 Å². The van der Waals surface area contributed by atoms with E-state index >= 15 is 0 Å². The van der Waals surface area contributed by atoms with Crippen molar-refractivity contribution in [3.8, 4) is 0 Å². The molecule has 2 N–H and O–H groups in total. The van der Waals surface area contributed by atoms with Gasteiger partial charge in [-0.2, -0.15) is 0 Å². The lowest BCUT2D eigenvalue weighted by molar-refractivity contribution is 0.134. The van der Waals surface area contributed by atoms with Gasteiger partial charge in [0.1, 0.15) is 5.82 Å². The maximum absolute atomic E-state index is 13.6. The van der Waals surface area contributed by atoms with Gasteiger partial charge in [-0.15, -0.1) is 0 Å². The summed E-state index contributed by atoms with van der Waals surface area (Å²) in [5.74, 6) is -0.439. The summed E-state index contributed by atoms with van der Waals surface area (Å²) in [6.07, 6.45) is -0.376. The molecule has 1 aromatic rings. The molecule has 0 aliphatic heterocycles. The summed E-state index contributed by atoms with van der Waals surface area (Å²) >= 11 is 0. The Labute approximate surface area is 98.4 Å². The third kappa shape index (κ3) is 2.24. The smallest absolute Gasteiger partial charge is 0.407 e. The standard InChI is InChI=1S/C12H14FNO3/c1-17-12(16)14-9-5-6-10(15)11-7(9)3-2-4-8(11)13/h2-4,9-10,15H,5-6H2,1H3,(H,14,16). The van der Waals surface area contributed by atoms with Gasteiger partial charge in [-0.3, -0.25) is 0 Å². The van der Waals surface area contributed by atoms with E-state index in [1.54, 1.807) is 12.1 Å². The van der Waals surface area contributed by atoms with Crippen LogP contribution >= 0.6 is 0 Å². The first kappa shape index (κ1) is 11.9. The fraction of sp³-hybridized carbons (Fsp3) is 0.417. The van der Waals surface area contributed by atoms with Crippen LogP contribution in [0.4, 0.5) is 9.18 Å². The third-order valence-electron chi connectivity index (χ3n) is 3.00. The molecule has 1 aliphatic carbocycles. The van der Waals surface area contributed by atoms with Crippen molar-refractivity contribution in [1.29, 1.82) is 0 Å². The Morgan fingerprint density at radius 3 is 3.00 bits per heavy atom. The van der Waals surface area contributed by atoms with Crippen LogP contribution in [-0.4, -0.2) is 18.3 Å². The van der Waals surface area contributed by atoms with Crippen LogP contribution < -0.4 is 5.32 Å². The lowest BCUT2D eigenvalue weighted by Gasteiger charge is -2.29. The lowest BCUT2D eigenvalue weighted by Crippen LogP contribution is -2.32. The van der Waals surface area contributed by atoms with Gasteiger partial charge in [-0.05, 0) is 24.5 Å². The van der Waals surface area contributed by atoms with E-state index in [2.05, 4.69) is 10.1 Å². The number of rotatable bonds is 1. The number of methoxy groups -OCH3 is 1. The molecular weight excluding hydrogens is 225 g/mol. The molecular formula is C12H14FNO3. The van der Waals surface area contributed by atoms with Crippen molar-refractivity contribution >= 4 is 6.09 Å². The number of carbonyl (C=O) groups excluding carboxylic acids is 1. The Morgan fingerprint density at radius 1 is 1.53 bits per heavy atom. The zero-order valence-electron chi connectivity index (χ0n) is 9.44. The predicted molar refractivity (Wildman–Crippen MR) is 58.9 cm³/mol. The number of carbonyl (C=O) groups is 1. The zero-order valence-corrected chi connectivity index (χ0v) is 9.44. The maximum Gasteiger partial charge on any atom is 0.407 e. The molecule has 92 valence electrons. The van der Waals surface area contributed by atoms with Gasteiger partial charge in [0.25, 0.3) is 0 Å². The summed E-state index contributed by atoms with van der Waals surface area (Å²) < 4.78 is 18.1. The van der Waals surface area contributed by atoms with Crippen LogP contribution in [0, 0.1) is 5.82 Å².